The Morgan fingerprint density at radius 1 is 1.24 bits per heavy atom. The van der Waals surface area contributed by atoms with Crippen molar-refractivity contribution in [1.29, 1.82) is 0 Å². The third kappa shape index (κ3) is 2.66. The highest BCUT2D eigenvalue weighted by Crippen LogP contribution is 2.22. The van der Waals surface area contributed by atoms with Crippen molar-refractivity contribution in [1.82, 2.24) is 0 Å². The van der Waals surface area contributed by atoms with Crippen molar-refractivity contribution in [3.63, 3.8) is 0 Å². The maximum absolute atomic E-state index is 13.5. The third-order valence-corrected chi connectivity index (χ3v) is 2.02. The number of carbonyl (C=O) groups is 2. The minimum atomic E-state index is -1.83. The zero-order valence-corrected chi connectivity index (χ0v) is 8.70. The third-order valence-electron chi connectivity index (χ3n) is 2.02. The van der Waals surface area contributed by atoms with Crippen molar-refractivity contribution in [3.05, 3.63) is 41.0 Å². The Bertz CT molecular complexity index is 520. The molecule has 0 amide bonds. The summed E-state index contributed by atoms with van der Waals surface area (Å²) in [5.41, 5.74) is -0.760. The van der Waals surface area contributed by atoms with E-state index in [2.05, 4.69) is 0 Å². The van der Waals surface area contributed by atoms with Gasteiger partial charge in [0.1, 0.15) is 17.4 Å². The van der Waals surface area contributed by atoms with E-state index in [1.54, 1.807) is 0 Å². The van der Waals surface area contributed by atoms with Gasteiger partial charge in [-0.05, 0) is 18.6 Å². The molecule has 0 spiro atoms. The van der Waals surface area contributed by atoms with E-state index in [0.29, 0.717) is 0 Å². The van der Waals surface area contributed by atoms with Gasteiger partial charge < -0.3 is 10.2 Å². The van der Waals surface area contributed by atoms with Crippen LogP contribution in [0.1, 0.15) is 11.1 Å². The number of aliphatic hydroxyl groups excluding tert-OH is 1. The summed E-state index contributed by atoms with van der Waals surface area (Å²) in [6, 6.07) is 2.06. The number of aliphatic carboxylic acids is 1. The lowest BCUT2D eigenvalue weighted by molar-refractivity contribution is -0.146. The second-order valence-electron chi connectivity index (χ2n) is 3.25. The summed E-state index contributed by atoms with van der Waals surface area (Å²) in [5, 5.41) is 17.6. The van der Waals surface area contributed by atoms with Crippen molar-refractivity contribution in [2.24, 2.45) is 0 Å². The van der Waals surface area contributed by atoms with Gasteiger partial charge in [0, 0.05) is 6.08 Å². The van der Waals surface area contributed by atoms with E-state index in [9.17, 15) is 23.5 Å². The van der Waals surface area contributed by atoms with Gasteiger partial charge in [0.2, 0.25) is 0 Å². The quantitative estimate of drug-likeness (QED) is 0.481. The second-order valence-corrected chi connectivity index (χ2v) is 3.25. The minimum Gasteiger partial charge on any atom is -0.507 e. The van der Waals surface area contributed by atoms with Crippen molar-refractivity contribution >= 4 is 17.5 Å². The van der Waals surface area contributed by atoms with Crippen LogP contribution >= 0.6 is 0 Å². The fraction of sp³-hybridized carbons (Fsp3) is 0.0909. The van der Waals surface area contributed by atoms with Crippen LogP contribution in [-0.4, -0.2) is 22.0 Å². The van der Waals surface area contributed by atoms with Crippen molar-refractivity contribution in [2.75, 3.05) is 0 Å². The Labute approximate surface area is 94.8 Å². The van der Waals surface area contributed by atoms with Gasteiger partial charge in [-0.1, -0.05) is 6.07 Å². The number of ketones is 1. The topological polar surface area (TPSA) is 74.6 Å². The van der Waals surface area contributed by atoms with Gasteiger partial charge in [0.15, 0.2) is 0 Å². The second kappa shape index (κ2) is 4.73. The van der Waals surface area contributed by atoms with Gasteiger partial charge >= 0.3 is 5.97 Å². The zero-order chi connectivity index (χ0) is 13.2. The molecule has 6 heteroatoms. The van der Waals surface area contributed by atoms with Gasteiger partial charge in [0.25, 0.3) is 5.78 Å². The van der Waals surface area contributed by atoms with E-state index >= 15 is 0 Å². The first-order valence-corrected chi connectivity index (χ1v) is 4.47. The van der Waals surface area contributed by atoms with E-state index in [4.69, 9.17) is 5.11 Å². The molecule has 0 aliphatic carbocycles. The Kier molecular flexibility index (Phi) is 3.57. The van der Waals surface area contributed by atoms with E-state index < -0.39 is 34.7 Å². The molecule has 1 rings (SSSR count). The SMILES string of the molecule is Cc1ccc(F)c(/C(O)=C/C(=O)C(=O)O)c1F. The number of hydrogen-bond donors (Lipinski definition) is 2. The predicted octanol–water partition coefficient (Wildman–Crippen LogP) is 1.83. The molecule has 1 aromatic carbocycles. The summed E-state index contributed by atoms with van der Waals surface area (Å²) in [7, 11) is 0. The molecule has 0 aliphatic rings. The molecular formula is C11H8F2O4. The highest BCUT2D eigenvalue weighted by atomic mass is 19.1. The zero-order valence-electron chi connectivity index (χ0n) is 8.70. The summed E-state index contributed by atoms with van der Waals surface area (Å²) in [6.45, 7) is 1.34. The fourth-order valence-electron chi connectivity index (χ4n) is 1.15. The minimum absolute atomic E-state index is 0.0594. The molecule has 0 radical (unpaired) electrons. The molecule has 0 bridgehead atoms. The number of benzene rings is 1. The average Bonchev–Trinajstić information content (AvgIpc) is 2.24. The van der Waals surface area contributed by atoms with Gasteiger partial charge in [0.05, 0.1) is 5.56 Å². The molecule has 0 fully saturated rings. The van der Waals surface area contributed by atoms with Crippen molar-refractivity contribution in [2.45, 2.75) is 6.92 Å². The van der Waals surface area contributed by atoms with Crippen molar-refractivity contribution in [3.8, 4) is 0 Å². The van der Waals surface area contributed by atoms with Crippen LogP contribution in [0.4, 0.5) is 8.78 Å². The van der Waals surface area contributed by atoms with Gasteiger partial charge in [-0.2, -0.15) is 0 Å². The van der Waals surface area contributed by atoms with Crippen LogP contribution in [0.5, 0.6) is 0 Å². The summed E-state index contributed by atoms with van der Waals surface area (Å²) >= 11 is 0. The number of aliphatic hydroxyl groups is 1. The Hall–Kier alpha value is -2.24. The Morgan fingerprint density at radius 3 is 2.35 bits per heavy atom. The molecule has 1 aromatic rings. The molecule has 0 atom stereocenters. The predicted molar refractivity (Wildman–Crippen MR) is 54.3 cm³/mol. The normalized spacial score (nSPS) is 11.4. The molecule has 2 N–H and O–H groups in total. The molecule has 90 valence electrons. The van der Waals surface area contributed by atoms with Crippen molar-refractivity contribution < 1.29 is 28.6 Å². The molecule has 0 unspecified atom stereocenters. The van der Waals surface area contributed by atoms with Gasteiger partial charge in [-0.15, -0.1) is 0 Å². The van der Waals surface area contributed by atoms with E-state index in [1.165, 1.54) is 6.92 Å². The molecular weight excluding hydrogens is 234 g/mol. The number of carboxylic acid groups (broad SMARTS) is 1. The highest BCUT2D eigenvalue weighted by Gasteiger charge is 2.18. The van der Waals surface area contributed by atoms with Crippen LogP contribution in [0.2, 0.25) is 0 Å². The maximum Gasteiger partial charge on any atom is 0.376 e. The van der Waals surface area contributed by atoms with E-state index in [-0.39, 0.29) is 11.6 Å². The smallest absolute Gasteiger partial charge is 0.376 e. The largest absolute Gasteiger partial charge is 0.507 e. The molecule has 17 heavy (non-hydrogen) atoms. The summed E-state index contributed by atoms with van der Waals surface area (Å²) < 4.78 is 26.7. The number of aryl methyl sites for hydroxylation is 1. The maximum atomic E-state index is 13.5. The molecule has 4 nitrogen and oxygen atoms in total. The number of rotatable bonds is 3. The number of carboxylic acids is 1. The number of halogens is 2. The lowest BCUT2D eigenvalue weighted by Gasteiger charge is -2.05. The van der Waals surface area contributed by atoms with Crippen LogP contribution in [0, 0.1) is 18.6 Å². The summed E-state index contributed by atoms with van der Waals surface area (Å²) in [4.78, 5) is 21.0. The van der Waals surface area contributed by atoms with Gasteiger partial charge in [-0.3, -0.25) is 4.79 Å². The Balaban J connectivity index is 3.30. The summed E-state index contributed by atoms with van der Waals surface area (Å²) in [6.07, 6.45) is 0.253. The average molecular weight is 242 g/mol. The van der Waals surface area contributed by atoms with Crippen LogP contribution < -0.4 is 0 Å². The molecule has 0 saturated carbocycles. The van der Waals surface area contributed by atoms with Crippen LogP contribution in [-0.2, 0) is 9.59 Å². The van der Waals surface area contributed by atoms with E-state index in [0.717, 1.165) is 12.1 Å². The standard InChI is InChI=1S/C11H8F2O4/c1-5-2-3-6(12)9(10(5)13)7(14)4-8(15)11(16)17/h2-4,14H,1H3,(H,16,17)/b7-4-. The first kappa shape index (κ1) is 12.8. The van der Waals surface area contributed by atoms with Crippen LogP contribution in [0.15, 0.2) is 18.2 Å². The van der Waals surface area contributed by atoms with E-state index in [1.807, 2.05) is 0 Å². The lowest BCUT2D eigenvalue weighted by atomic mass is 10.1. The Morgan fingerprint density at radius 2 is 1.82 bits per heavy atom. The molecule has 0 aliphatic heterocycles. The van der Waals surface area contributed by atoms with Gasteiger partial charge in [-0.25, -0.2) is 13.6 Å². The number of hydrogen-bond acceptors (Lipinski definition) is 3. The monoisotopic (exact) mass is 242 g/mol. The van der Waals surface area contributed by atoms with Crippen LogP contribution in [0.3, 0.4) is 0 Å². The lowest BCUT2D eigenvalue weighted by Crippen LogP contribution is -2.10. The highest BCUT2D eigenvalue weighted by molar-refractivity contribution is 6.38. The first-order valence-electron chi connectivity index (χ1n) is 4.47. The number of carbonyl (C=O) groups excluding carboxylic acids is 1. The molecule has 0 heterocycles. The molecule has 0 aromatic heterocycles. The fourth-order valence-corrected chi connectivity index (χ4v) is 1.15. The van der Waals surface area contributed by atoms with Crippen LogP contribution in [0.25, 0.3) is 5.76 Å². The summed E-state index contributed by atoms with van der Waals surface area (Å²) in [5.74, 6) is -6.49. The molecule has 0 saturated heterocycles. The first-order chi connectivity index (χ1) is 7.84.